The molecule has 29 heavy (non-hydrogen) atoms. The summed E-state index contributed by atoms with van der Waals surface area (Å²) in [6.45, 7) is 11.5. The molecular weight excluding hydrogens is 364 g/mol. The Hall–Kier alpha value is -2.14. The molecule has 1 amide bonds. The van der Waals surface area contributed by atoms with Crippen molar-refractivity contribution in [2.24, 2.45) is 11.3 Å². The number of carbonyl (C=O) groups excluding carboxylic acids is 1. The van der Waals surface area contributed by atoms with E-state index in [2.05, 4.69) is 49.6 Å². The van der Waals surface area contributed by atoms with E-state index in [-0.39, 0.29) is 17.2 Å². The van der Waals surface area contributed by atoms with Gasteiger partial charge in [-0.15, -0.1) is 6.58 Å². The number of benzene rings is 1. The van der Waals surface area contributed by atoms with E-state index in [4.69, 9.17) is 0 Å². The van der Waals surface area contributed by atoms with Crippen LogP contribution in [0.2, 0.25) is 0 Å². The van der Waals surface area contributed by atoms with E-state index in [1.807, 2.05) is 4.90 Å². The zero-order chi connectivity index (χ0) is 21.0. The van der Waals surface area contributed by atoms with Crippen molar-refractivity contribution in [3.63, 3.8) is 0 Å². The molecule has 0 radical (unpaired) electrons. The Morgan fingerprint density at radius 2 is 1.90 bits per heavy atom. The number of rotatable bonds is 7. The maximum absolute atomic E-state index is 12.3. The van der Waals surface area contributed by atoms with Gasteiger partial charge in [0, 0.05) is 44.6 Å². The van der Waals surface area contributed by atoms with Crippen LogP contribution >= 0.6 is 0 Å². The highest BCUT2D eigenvalue weighted by Gasteiger charge is 2.51. The highest BCUT2D eigenvalue weighted by Crippen LogP contribution is 2.45. The van der Waals surface area contributed by atoms with E-state index in [1.54, 1.807) is 6.08 Å². The van der Waals surface area contributed by atoms with Crippen LogP contribution in [-0.4, -0.2) is 53.0 Å². The molecule has 2 aliphatic heterocycles. The predicted molar refractivity (Wildman–Crippen MR) is 115 cm³/mol. The standard InChI is InChI=1S/C24H34N2O3/c1-4-5-6-22(27)26-13-11-24(12-14-26)17-25(16-21(24)23(28)29)15-19-7-9-20(10-8-19)18(2)3/h4,7-10,18,21H,1,5-6,11-17H2,2-3H3,(H,28,29). The van der Waals surface area contributed by atoms with Gasteiger partial charge < -0.3 is 10.0 Å². The van der Waals surface area contributed by atoms with Gasteiger partial charge >= 0.3 is 5.97 Å². The number of carbonyl (C=O) groups is 2. The first-order chi connectivity index (χ1) is 13.8. The Balaban J connectivity index is 1.64. The van der Waals surface area contributed by atoms with Gasteiger partial charge in [-0.25, -0.2) is 0 Å². The van der Waals surface area contributed by atoms with Gasteiger partial charge in [-0.2, -0.15) is 0 Å². The van der Waals surface area contributed by atoms with E-state index in [9.17, 15) is 14.7 Å². The van der Waals surface area contributed by atoms with Crippen molar-refractivity contribution in [3.05, 3.63) is 48.0 Å². The normalized spacial score (nSPS) is 21.6. The molecule has 2 aliphatic rings. The summed E-state index contributed by atoms with van der Waals surface area (Å²) < 4.78 is 0. The van der Waals surface area contributed by atoms with E-state index in [1.165, 1.54) is 11.1 Å². The van der Waals surface area contributed by atoms with Gasteiger partial charge in [-0.05, 0) is 36.3 Å². The lowest BCUT2D eigenvalue weighted by Gasteiger charge is -2.41. The van der Waals surface area contributed by atoms with Crippen molar-refractivity contribution in [1.29, 1.82) is 0 Å². The molecule has 0 aliphatic carbocycles. The molecule has 5 heteroatoms. The number of allylic oxidation sites excluding steroid dienone is 1. The number of piperidine rings is 1. The molecule has 1 aromatic rings. The average molecular weight is 399 g/mol. The molecule has 2 saturated heterocycles. The van der Waals surface area contributed by atoms with Crippen LogP contribution in [0.5, 0.6) is 0 Å². The summed E-state index contributed by atoms with van der Waals surface area (Å²) >= 11 is 0. The number of carboxylic acid groups (broad SMARTS) is 1. The number of hydrogen-bond acceptors (Lipinski definition) is 3. The molecule has 0 saturated carbocycles. The number of carboxylic acids is 1. The van der Waals surface area contributed by atoms with Crippen LogP contribution in [0.1, 0.15) is 56.6 Å². The van der Waals surface area contributed by atoms with Crippen LogP contribution in [0, 0.1) is 11.3 Å². The lowest BCUT2D eigenvalue weighted by Crippen LogP contribution is -2.47. The Labute approximate surface area is 174 Å². The van der Waals surface area contributed by atoms with Crippen LogP contribution in [0.25, 0.3) is 0 Å². The SMILES string of the molecule is C=CCCC(=O)N1CCC2(CC1)CN(Cc1ccc(C(C)C)cc1)CC2C(=O)O. The summed E-state index contributed by atoms with van der Waals surface area (Å²) in [6.07, 6.45) is 4.50. The van der Waals surface area contributed by atoms with Crippen LogP contribution < -0.4 is 0 Å². The maximum Gasteiger partial charge on any atom is 0.308 e. The second-order valence-electron chi connectivity index (χ2n) is 9.03. The fraction of sp³-hybridized carbons (Fsp3) is 0.583. The second-order valence-corrected chi connectivity index (χ2v) is 9.03. The third-order valence-corrected chi connectivity index (χ3v) is 6.74. The Bertz CT molecular complexity index is 733. The van der Waals surface area contributed by atoms with Crippen LogP contribution in [0.15, 0.2) is 36.9 Å². The molecule has 2 fully saturated rings. The summed E-state index contributed by atoms with van der Waals surface area (Å²) in [5.74, 6) is -0.390. The molecule has 5 nitrogen and oxygen atoms in total. The van der Waals surface area contributed by atoms with Crippen LogP contribution in [0.3, 0.4) is 0 Å². The van der Waals surface area contributed by atoms with Crippen molar-refractivity contribution in [3.8, 4) is 0 Å². The zero-order valence-electron chi connectivity index (χ0n) is 17.8. The topological polar surface area (TPSA) is 60.9 Å². The molecule has 1 unspecified atom stereocenters. The molecule has 1 atom stereocenters. The van der Waals surface area contributed by atoms with Gasteiger partial charge in [0.1, 0.15) is 0 Å². The minimum Gasteiger partial charge on any atom is -0.481 e. The second kappa shape index (κ2) is 9.12. The zero-order valence-corrected chi connectivity index (χ0v) is 17.8. The predicted octanol–water partition coefficient (Wildman–Crippen LogP) is 3.90. The van der Waals surface area contributed by atoms with Crippen molar-refractivity contribution in [1.82, 2.24) is 9.80 Å². The maximum atomic E-state index is 12.3. The third kappa shape index (κ3) is 4.89. The highest BCUT2D eigenvalue weighted by atomic mass is 16.4. The molecule has 1 spiro atoms. The number of aliphatic carboxylic acids is 1. The highest BCUT2D eigenvalue weighted by molar-refractivity contribution is 5.76. The van der Waals surface area contributed by atoms with Crippen molar-refractivity contribution in [2.45, 2.75) is 52.0 Å². The van der Waals surface area contributed by atoms with E-state index >= 15 is 0 Å². The number of nitrogens with zero attached hydrogens (tertiary/aromatic N) is 2. The Morgan fingerprint density at radius 1 is 1.24 bits per heavy atom. The monoisotopic (exact) mass is 398 g/mol. The minimum absolute atomic E-state index is 0.159. The van der Waals surface area contributed by atoms with Crippen molar-refractivity contribution in [2.75, 3.05) is 26.2 Å². The quantitative estimate of drug-likeness (QED) is 0.708. The molecule has 0 aromatic heterocycles. The fourth-order valence-corrected chi connectivity index (χ4v) is 4.89. The van der Waals surface area contributed by atoms with Gasteiger partial charge in [0.05, 0.1) is 5.92 Å². The lowest BCUT2D eigenvalue weighted by atomic mass is 9.71. The first-order valence-electron chi connectivity index (χ1n) is 10.8. The lowest BCUT2D eigenvalue weighted by molar-refractivity contribution is -0.146. The smallest absolute Gasteiger partial charge is 0.308 e. The van der Waals surface area contributed by atoms with Crippen LogP contribution in [0.4, 0.5) is 0 Å². The first-order valence-corrected chi connectivity index (χ1v) is 10.8. The first kappa shape index (κ1) is 21.6. The van der Waals surface area contributed by atoms with Gasteiger partial charge in [0.15, 0.2) is 0 Å². The largest absolute Gasteiger partial charge is 0.481 e. The van der Waals surface area contributed by atoms with Gasteiger partial charge in [-0.1, -0.05) is 44.2 Å². The average Bonchev–Trinajstić information content (AvgIpc) is 3.04. The molecule has 2 heterocycles. The molecule has 0 bridgehead atoms. The number of likely N-dealkylation sites (tertiary alicyclic amines) is 2. The summed E-state index contributed by atoms with van der Waals surface area (Å²) in [7, 11) is 0. The molecule has 3 rings (SSSR count). The van der Waals surface area contributed by atoms with E-state index < -0.39 is 5.97 Å². The molecular formula is C24H34N2O3. The number of hydrogen-bond donors (Lipinski definition) is 1. The Kier molecular flexibility index (Phi) is 6.78. The van der Waals surface area contributed by atoms with Crippen molar-refractivity contribution >= 4 is 11.9 Å². The summed E-state index contributed by atoms with van der Waals surface area (Å²) in [5, 5.41) is 9.88. The summed E-state index contributed by atoms with van der Waals surface area (Å²) in [4.78, 5) is 28.5. The van der Waals surface area contributed by atoms with Gasteiger partial charge in [-0.3, -0.25) is 14.5 Å². The molecule has 158 valence electrons. The van der Waals surface area contributed by atoms with E-state index in [0.29, 0.717) is 38.4 Å². The van der Waals surface area contributed by atoms with Crippen LogP contribution in [-0.2, 0) is 16.1 Å². The Morgan fingerprint density at radius 3 is 2.45 bits per heavy atom. The number of amides is 1. The summed E-state index contributed by atoms with van der Waals surface area (Å²) in [5.41, 5.74) is 2.33. The molecule has 1 N–H and O–H groups in total. The third-order valence-electron chi connectivity index (χ3n) is 6.74. The van der Waals surface area contributed by atoms with E-state index in [0.717, 1.165) is 25.9 Å². The molecule has 1 aromatic carbocycles. The van der Waals surface area contributed by atoms with Gasteiger partial charge in [0.25, 0.3) is 0 Å². The summed E-state index contributed by atoms with van der Waals surface area (Å²) in [6, 6.07) is 8.68. The minimum atomic E-state index is -0.700. The van der Waals surface area contributed by atoms with Crippen molar-refractivity contribution < 1.29 is 14.7 Å². The fourth-order valence-electron chi connectivity index (χ4n) is 4.89. The van der Waals surface area contributed by atoms with Gasteiger partial charge in [0.2, 0.25) is 5.91 Å².